The van der Waals surface area contributed by atoms with Crippen LogP contribution in [-0.2, 0) is 0 Å². The Morgan fingerprint density at radius 2 is 1.79 bits per heavy atom. The van der Waals surface area contributed by atoms with Gasteiger partial charge in [-0.15, -0.1) is 5.10 Å². The number of benzene rings is 1. The quantitative estimate of drug-likeness (QED) is 0.463. The Labute approximate surface area is 164 Å². The molecule has 0 radical (unpaired) electrons. The summed E-state index contributed by atoms with van der Waals surface area (Å²) in [4.78, 5) is 27.4. The highest BCUT2D eigenvalue weighted by Gasteiger charge is 2.15. The van der Waals surface area contributed by atoms with E-state index in [1.807, 2.05) is 13.0 Å². The molecule has 0 saturated heterocycles. The molecule has 138 valence electrons. The highest BCUT2D eigenvalue weighted by molar-refractivity contribution is 7.17. The lowest BCUT2D eigenvalue weighted by molar-refractivity contribution is 0.929. The lowest BCUT2D eigenvalue weighted by Gasteiger charge is -2.06. The van der Waals surface area contributed by atoms with Gasteiger partial charge >= 0.3 is 0 Å². The number of fused-ring (bicyclic) bond motifs is 3. The van der Waals surface area contributed by atoms with Crippen LogP contribution >= 0.6 is 11.3 Å². The lowest BCUT2D eigenvalue weighted by Crippen LogP contribution is -2.20. The largest absolute Gasteiger partial charge is 0.268 e. The fraction of sp³-hybridized carbons (Fsp3) is 0.150. The molecule has 8 heteroatoms. The summed E-state index contributed by atoms with van der Waals surface area (Å²) in [5.74, 6) is 1.11. The van der Waals surface area contributed by atoms with Gasteiger partial charge in [-0.05, 0) is 32.4 Å². The van der Waals surface area contributed by atoms with Crippen molar-refractivity contribution in [3.63, 3.8) is 0 Å². The fourth-order valence-electron chi connectivity index (χ4n) is 3.26. The first kappa shape index (κ1) is 16.8. The number of rotatable bonds is 2. The number of pyridine rings is 1. The molecule has 0 atom stereocenters. The van der Waals surface area contributed by atoms with E-state index < -0.39 is 0 Å². The van der Waals surface area contributed by atoms with Crippen molar-refractivity contribution in [1.82, 2.24) is 29.1 Å². The maximum absolute atomic E-state index is 13.2. The summed E-state index contributed by atoms with van der Waals surface area (Å²) in [6.07, 6.45) is 3.54. The van der Waals surface area contributed by atoms with Crippen LogP contribution < -0.4 is 5.56 Å². The number of nitrogens with zero attached hydrogens (tertiary/aromatic N) is 6. The first-order valence-electron chi connectivity index (χ1n) is 8.80. The maximum Gasteiger partial charge on any atom is 0.268 e. The van der Waals surface area contributed by atoms with E-state index in [0.29, 0.717) is 33.3 Å². The maximum atomic E-state index is 13.2. The van der Waals surface area contributed by atoms with E-state index in [0.717, 1.165) is 10.4 Å². The monoisotopic (exact) mass is 388 g/mol. The minimum atomic E-state index is -0.164. The van der Waals surface area contributed by atoms with Crippen LogP contribution in [-0.4, -0.2) is 29.1 Å². The minimum absolute atomic E-state index is 0.164. The van der Waals surface area contributed by atoms with Gasteiger partial charge in [0.1, 0.15) is 5.82 Å². The smallest absolute Gasteiger partial charge is 0.268 e. The van der Waals surface area contributed by atoms with Crippen molar-refractivity contribution >= 4 is 28.0 Å². The Morgan fingerprint density at radius 3 is 2.57 bits per heavy atom. The molecular formula is C20H16N6OS. The van der Waals surface area contributed by atoms with Gasteiger partial charge in [0.25, 0.3) is 11.3 Å². The zero-order valence-electron chi connectivity index (χ0n) is 15.5. The zero-order valence-corrected chi connectivity index (χ0v) is 16.4. The predicted octanol–water partition coefficient (Wildman–Crippen LogP) is 3.48. The highest BCUT2D eigenvalue weighted by atomic mass is 32.1. The topological polar surface area (TPSA) is 78.0 Å². The fourth-order valence-corrected chi connectivity index (χ4v) is 4.17. The first-order chi connectivity index (χ1) is 13.5. The van der Waals surface area contributed by atoms with E-state index in [2.05, 4.69) is 51.2 Å². The molecule has 0 N–H and O–H groups in total. The van der Waals surface area contributed by atoms with Gasteiger partial charge in [0, 0.05) is 12.4 Å². The van der Waals surface area contributed by atoms with Crippen LogP contribution in [0.25, 0.3) is 32.3 Å². The van der Waals surface area contributed by atoms with Gasteiger partial charge in [0.15, 0.2) is 5.13 Å². The van der Waals surface area contributed by atoms with Crippen molar-refractivity contribution in [2.75, 3.05) is 0 Å². The number of hydrogen-bond acceptors (Lipinski definition) is 6. The van der Waals surface area contributed by atoms with Gasteiger partial charge in [-0.2, -0.15) is 9.50 Å². The third-order valence-corrected chi connectivity index (χ3v) is 5.71. The third-order valence-electron chi connectivity index (χ3n) is 4.66. The molecule has 0 spiro atoms. The Balaban J connectivity index is 1.69. The van der Waals surface area contributed by atoms with Crippen LogP contribution in [0.1, 0.15) is 17.1 Å². The minimum Gasteiger partial charge on any atom is -0.268 e. The molecule has 0 aliphatic carbocycles. The number of hydrogen-bond donors (Lipinski definition) is 0. The molecule has 7 nitrogen and oxygen atoms in total. The summed E-state index contributed by atoms with van der Waals surface area (Å²) >= 11 is 1.48. The van der Waals surface area contributed by atoms with Crippen molar-refractivity contribution in [2.24, 2.45) is 0 Å². The summed E-state index contributed by atoms with van der Waals surface area (Å²) < 4.78 is 3.18. The lowest BCUT2D eigenvalue weighted by atomic mass is 10.1. The summed E-state index contributed by atoms with van der Waals surface area (Å²) in [6, 6.07) is 10.1. The van der Waals surface area contributed by atoms with Crippen LogP contribution in [0.15, 0.2) is 47.5 Å². The molecule has 0 fully saturated rings. The van der Waals surface area contributed by atoms with Crippen LogP contribution in [0.2, 0.25) is 0 Å². The zero-order chi connectivity index (χ0) is 19.4. The van der Waals surface area contributed by atoms with E-state index >= 15 is 0 Å². The van der Waals surface area contributed by atoms with E-state index in [1.54, 1.807) is 28.4 Å². The average Bonchev–Trinajstić information content (AvgIpc) is 3.29. The second kappa shape index (κ2) is 6.07. The molecule has 4 aromatic heterocycles. The SMILES string of the molecule is Cc1ccc(-c2cnc(-n3ccc4c(c(C)nc5nc(C)nn54)c3=O)s2)cc1. The molecule has 0 aliphatic rings. The van der Waals surface area contributed by atoms with Crippen LogP contribution in [0.3, 0.4) is 0 Å². The molecular weight excluding hydrogens is 372 g/mol. The van der Waals surface area contributed by atoms with Crippen molar-refractivity contribution in [3.8, 4) is 15.6 Å². The van der Waals surface area contributed by atoms with Gasteiger partial charge < -0.3 is 0 Å². The van der Waals surface area contributed by atoms with E-state index in [9.17, 15) is 4.79 Å². The van der Waals surface area contributed by atoms with Crippen LogP contribution in [0.4, 0.5) is 0 Å². The van der Waals surface area contributed by atoms with E-state index in [-0.39, 0.29) is 5.56 Å². The van der Waals surface area contributed by atoms with Crippen LogP contribution in [0, 0.1) is 20.8 Å². The standard InChI is InChI=1S/C20H16N6OS/c1-11-4-6-14(7-5-11)16-10-21-20(28-16)25-9-8-15-17(18(25)27)12(2)22-19-23-13(3)24-26(15)19/h4-10H,1-3H3. The molecule has 0 aliphatic heterocycles. The molecule has 5 aromatic rings. The van der Waals surface area contributed by atoms with Gasteiger partial charge in [-0.3, -0.25) is 9.36 Å². The predicted molar refractivity (Wildman–Crippen MR) is 109 cm³/mol. The summed E-state index contributed by atoms with van der Waals surface area (Å²) in [6.45, 7) is 5.68. The van der Waals surface area contributed by atoms with Crippen molar-refractivity contribution in [1.29, 1.82) is 0 Å². The third kappa shape index (κ3) is 2.53. The molecule has 0 amide bonds. The van der Waals surface area contributed by atoms with Gasteiger partial charge in [0.2, 0.25) is 0 Å². The Kier molecular flexibility index (Phi) is 3.63. The first-order valence-corrected chi connectivity index (χ1v) is 9.61. The molecule has 4 heterocycles. The summed E-state index contributed by atoms with van der Waals surface area (Å²) in [7, 11) is 0. The summed E-state index contributed by atoms with van der Waals surface area (Å²) in [5.41, 5.74) is 3.45. The van der Waals surface area contributed by atoms with Gasteiger partial charge in [0.05, 0.1) is 21.5 Å². The normalized spacial score (nSPS) is 11.5. The van der Waals surface area contributed by atoms with Crippen molar-refractivity contribution in [3.05, 3.63) is 70.2 Å². The van der Waals surface area contributed by atoms with Crippen LogP contribution in [0.5, 0.6) is 0 Å². The molecule has 5 rings (SSSR count). The van der Waals surface area contributed by atoms with Gasteiger partial charge in [-0.1, -0.05) is 41.2 Å². The molecule has 1 aromatic carbocycles. The van der Waals surface area contributed by atoms with E-state index in [1.165, 1.54) is 16.9 Å². The van der Waals surface area contributed by atoms with Gasteiger partial charge in [-0.25, -0.2) is 9.97 Å². The highest BCUT2D eigenvalue weighted by Crippen LogP contribution is 2.28. The Hall–Kier alpha value is -3.39. The molecule has 0 bridgehead atoms. The van der Waals surface area contributed by atoms with Crippen molar-refractivity contribution < 1.29 is 0 Å². The number of thiazole rings is 1. The number of aryl methyl sites for hydroxylation is 3. The molecule has 0 saturated carbocycles. The second-order valence-electron chi connectivity index (χ2n) is 6.69. The molecule has 28 heavy (non-hydrogen) atoms. The summed E-state index contributed by atoms with van der Waals surface area (Å²) in [5, 5.41) is 5.50. The Bertz CT molecular complexity index is 1410. The Morgan fingerprint density at radius 1 is 1.00 bits per heavy atom. The average molecular weight is 388 g/mol. The molecule has 0 unspecified atom stereocenters. The van der Waals surface area contributed by atoms with Crippen molar-refractivity contribution in [2.45, 2.75) is 20.8 Å². The van der Waals surface area contributed by atoms with E-state index in [4.69, 9.17) is 0 Å². The number of aromatic nitrogens is 6. The second-order valence-corrected chi connectivity index (χ2v) is 7.70.